The van der Waals surface area contributed by atoms with E-state index < -0.39 is 11.7 Å². The predicted molar refractivity (Wildman–Crippen MR) is 143 cm³/mol. The fourth-order valence-electron chi connectivity index (χ4n) is 5.15. The summed E-state index contributed by atoms with van der Waals surface area (Å²) in [6, 6.07) is 27.8. The zero-order chi connectivity index (χ0) is 26.4. The summed E-state index contributed by atoms with van der Waals surface area (Å²) in [5, 5.41) is 11.0. The van der Waals surface area contributed by atoms with Crippen molar-refractivity contribution in [1.82, 2.24) is 9.97 Å². The number of benzene rings is 3. The minimum atomic E-state index is -0.925. The fraction of sp³-hybridized carbons (Fsp3) is 0.290. The van der Waals surface area contributed by atoms with Gasteiger partial charge < -0.3 is 24.1 Å². The van der Waals surface area contributed by atoms with Crippen molar-refractivity contribution in [3.05, 3.63) is 114 Å². The Morgan fingerprint density at radius 1 is 0.789 bits per heavy atom. The van der Waals surface area contributed by atoms with E-state index in [9.17, 15) is 5.11 Å². The zero-order valence-corrected chi connectivity index (χ0v) is 21.6. The zero-order valence-electron chi connectivity index (χ0n) is 21.6. The summed E-state index contributed by atoms with van der Waals surface area (Å²) in [5.41, 5.74) is 1.97. The highest BCUT2D eigenvalue weighted by molar-refractivity contribution is 5.49. The number of hydrogen-bond donors (Lipinski definition) is 1. The van der Waals surface area contributed by atoms with E-state index in [1.165, 1.54) is 6.33 Å². The molecule has 1 N–H and O–H groups in total. The lowest BCUT2D eigenvalue weighted by Crippen LogP contribution is -2.35. The van der Waals surface area contributed by atoms with Crippen LogP contribution in [0.15, 0.2) is 97.5 Å². The van der Waals surface area contributed by atoms with E-state index in [2.05, 4.69) is 22.1 Å². The largest absolute Gasteiger partial charge is 0.497 e. The number of aliphatic hydroxyl groups is 1. The molecule has 0 amide bonds. The SMILES string of the molecule is COc1ccc(C(OC[C@H]2C[C@@H](Oc3ccncn3)C[C@@H]2O)(c2ccccc2)c2ccc(OC)cc2)cc1. The molecule has 196 valence electrons. The van der Waals surface area contributed by atoms with Gasteiger partial charge in [-0.25, -0.2) is 9.97 Å². The quantitative estimate of drug-likeness (QED) is 0.299. The van der Waals surface area contributed by atoms with Gasteiger partial charge in [-0.05, 0) is 47.4 Å². The summed E-state index contributed by atoms with van der Waals surface area (Å²) in [4.78, 5) is 8.10. The molecule has 0 aliphatic heterocycles. The van der Waals surface area contributed by atoms with Crippen LogP contribution in [0.3, 0.4) is 0 Å². The summed E-state index contributed by atoms with van der Waals surface area (Å²) < 4.78 is 23.8. The van der Waals surface area contributed by atoms with Crippen LogP contribution in [0.2, 0.25) is 0 Å². The van der Waals surface area contributed by atoms with Gasteiger partial charge in [0.15, 0.2) is 0 Å². The van der Waals surface area contributed by atoms with Crippen molar-refractivity contribution in [2.45, 2.75) is 30.7 Å². The Labute approximate surface area is 223 Å². The molecule has 0 saturated heterocycles. The maximum Gasteiger partial charge on any atom is 0.216 e. The van der Waals surface area contributed by atoms with Crippen molar-refractivity contribution < 1.29 is 24.1 Å². The van der Waals surface area contributed by atoms with Gasteiger partial charge in [0.05, 0.1) is 26.9 Å². The Bertz CT molecular complexity index is 1240. The van der Waals surface area contributed by atoms with Gasteiger partial charge in [0, 0.05) is 24.6 Å². The normalized spacial score (nSPS) is 19.2. The second-order valence-electron chi connectivity index (χ2n) is 9.40. The van der Waals surface area contributed by atoms with E-state index in [0.717, 1.165) is 28.2 Å². The number of aromatic nitrogens is 2. The van der Waals surface area contributed by atoms with Crippen LogP contribution in [0.25, 0.3) is 0 Å². The van der Waals surface area contributed by atoms with Crippen molar-refractivity contribution in [1.29, 1.82) is 0 Å². The molecule has 1 aliphatic rings. The van der Waals surface area contributed by atoms with Crippen molar-refractivity contribution in [2.24, 2.45) is 5.92 Å². The standard InChI is InChI=1S/C31H32N2O5/c1-35-26-12-8-24(9-13-26)31(23-6-4-3-5-7-23,25-10-14-27(36-2)15-11-25)37-20-22-18-28(19-29(22)34)38-30-16-17-32-21-33-30/h3-17,21-22,28-29,34H,18-20H2,1-2H3/t22-,28-,29+/m1/s1. The maximum absolute atomic E-state index is 11.0. The lowest BCUT2D eigenvalue weighted by Gasteiger charge is -2.37. The third-order valence-electron chi connectivity index (χ3n) is 7.14. The fourth-order valence-corrected chi connectivity index (χ4v) is 5.15. The topological polar surface area (TPSA) is 82.9 Å². The van der Waals surface area contributed by atoms with E-state index in [1.807, 2.05) is 66.7 Å². The first-order valence-electron chi connectivity index (χ1n) is 12.7. The summed E-state index contributed by atoms with van der Waals surface area (Å²) in [6.07, 6.45) is 3.57. The molecular weight excluding hydrogens is 480 g/mol. The van der Waals surface area contributed by atoms with Crippen LogP contribution in [0.4, 0.5) is 0 Å². The number of ether oxygens (including phenoxy) is 4. The maximum atomic E-state index is 11.0. The molecule has 3 atom stereocenters. The van der Waals surface area contributed by atoms with Crippen molar-refractivity contribution in [3.63, 3.8) is 0 Å². The van der Waals surface area contributed by atoms with Gasteiger partial charge in [-0.2, -0.15) is 0 Å². The smallest absolute Gasteiger partial charge is 0.216 e. The van der Waals surface area contributed by atoms with Crippen molar-refractivity contribution in [2.75, 3.05) is 20.8 Å². The van der Waals surface area contributed by atoms with E-state index in [4.69, 9.17) is 18.9 Å². The van der Waals surface area contributed by atoms with Crippen LogP contribution in [0, 0.1) is 5.92 Å². The highest BCUT2D eigenvalue weighted by atomic mass is 16.5. The molecule has 38 heavy (non-hydrogen) atoms. The molecule has 7 heteroatoms. The summed E-state index contributed by atoms with van der Waals surface area (Å²) in [6.45, 7) is 0.331. The van der Waals surface area contributed by atoms with Crippen molar-refractivity contribution >= 4 is 0 Å². The summed E-state index contributed by atoms with van der Waals surface area (Å²) in [5.74, 6) is 1.93. The van der Waals surface area contributed by atoms with Crippen LogP contribution < -0.4 is 14.2 Å². The highest BCUT2D eigenvalue weighted by Crippen LogP contribution is 2.43. The third kappa shape index (κ3) is 5.35. The number of aliphatic hydroxyl groups excluding tert-OH is 1. The monoisotopic (exact) mass is 512 g/mol. The van der Waals surface area contributed by atoms with Gasteiger partial charge in [-0.3, -0.25) is 0 Å². The molecule has 0 spiro atoms. The minimum absolute atomic E-state index is 0.110. The molecule has 3 aromatic carbocycles. The number of methoxy groups -OCH3 is 2. The highest BCUT2D eigenvalue weighted by Gasteiger charge is 2.41. The van der Waals surface area contributed by atoms with Crippen LogP contribution in [0.1, 0.15) is 29.5 Å². The lowest BCUT2D eigenvalue weighted by atomic mass is 9.80. The summed E-state index contributed by atoms with van der Waals surface area (Å²) >= 11 is 0. The first-order chi connectivity index (χ1) is 18.6. The van der Waals surface area contributed by atoms with E-state index in [-0.39, 0.29) is 12.0 Å². The van der Waals surface area contributed by atoms with Gasteiger partial charge in [0.1, 0.15) is 29.5 Å². The van der Waals surface area contributed by atoms with E-state index in [1.54, 1.807) is 26.5 Å². The lowest BCUT2D eigenvalue weighted by molar-refractivity contribution is -0.0298. The molecular formula is C31H32N2O5. The molecule has 0 unspecified atom stereocenters. The summed E-state index contributed by atoms with van der Waals surface area (Å²) in [7, 11) is 3.31. The Morgan fingerprint density at radius 3 is 1.95 bits per heavy atom. The van der Waals surface area contributed by atoms with Gasteiger partial charge in [0.2, 0.25) is 5.88 Å². The van der Waals surface area contributed by atoms with Gasteiger partial charge in [-0.1, -0.05) is 54.6 Å². The van der Waals surface area contributed by atoms with Crippen molar-refractivity contribution in [3.8, 4) is 17.4 Å². The number of hydrogen-bond acceptors (Lipinski definition) is 7. The Kier molecular flexibility index (Phi) is 7.86. The first kappa shape index (κ1) is 25.7. The molecule has 4 aromatic rings. The van der Waals surface area contributed by atoms with E-state index in [0.29, 0.717) is 25.3 Å². The van der Waals surface area contributed by atoms with Crippen LogP contribution in [0.5, 0.6) is 17.4 Å². The Morgan fingerprint density at radius 2 is 1.39 bits per heavy atom. The number of nitrogens with zero attached hydrogens (tertiary/aromatic N) is 2. The Balaban J connectivity index is 1.49. The van der Waals surface area contributed by atoms with Crippen LogP contribution in [-0.4, -0.2) is 48.1 Å². The predicted octanol–water partition coefficient (Wildman–Crippen LogP) is 5.02. The Hall–Kier alpha value is -3.94. The molecule has 1 heterocycles. The second kappa shape index (κ2) is 11.6. The third-order valence-corrected chi connectivity index (χ3v) is 7.14. The second-order valence-corrected chi connectivity index (χ2v) is 9.40. The molecule has 0 bridgehead atoms. The molecule has 1 aromatic heterocycles. The van der Waals surface area contributed by atoms with Gasteiger partial charge in [-0.15, -0.1) is 0 Å². The average Bonchev–Trinajstić information content (AvgIpc) is 3.33. The molecule has 0 radical (unpaired) electrons. The van der Waals surface area contributed by atoms with Crippen LogP contribution in [-0.2, 0) is 10.3 Å². The van der Waals surface area contributed by atoms with Crippen LogP contribution >= 0.6 is 0 Å². The van der Waals surface area contributed by atoms with Gasteiger partial charge >= 0.3 is 0 Å². The van der Waals surface area contributed by atoms with Gasteiger partial charge in [0.25, 0.3) is 0 Å². The molecule has 5 rings (SSSR count). The molecule has 1 fully saturated rings. The minimum Gasteiger partial charge on any atom is -0.497 e. The average molecular weight is 513 g/mol. The molecule has 7 nitrogen and oxygen atoms in total. The molecule has 1 saturated carbocycles. The molecule has 1 aliphatic carbocycles. The first-order valence-corrected chi connectivity index (χ1v) is 12.7. The van der Waals surface area contributed by atoms with E-state index >= 15 is 0 Å². The number of rotatable bonds is 10.